The van der Waals surface area contributed by atoms with Crippen LogP contribution in [0.25, 0.3) is 22.7 Å². The second-order valence-electron chi connectivity index (χ2n) is 8.52. The highest BCUT2D eigenvalue weighted by atomic mass is 35.5. The zero-order valence-electron chi connectivity index (χ0n) is 21.1. The minimum atomic E-state index is -0.0755. The van der Waals surface area contributed by atoms with Gasteiger partial charge in [0.1, 0.15) is 11.6 Å². The maximum absolute atomic E-state index is 11.1. The number of carbonyl (C=O) groups excluding carboxylic acids is 1. The Hall–Kier alpha value is -4.18. The van der Waals surface area contributed by atoms with Crippen molar-refractivity contribution in [2.24, 2.45) is 0 Å². The first-order chi connectivity index (χ1) is 17.8. The number of rotatable bonds is 11. The van der Waals surface area contributed by atoms with Gasteiger partial charge in [0.25, 0.3) is 0 Å². The molecule has 11 heteroatoms. The Bertz CT molecular complexity index is 1420. The van der Waals surface area contributed by atoms with Gasteiger partial charge in [-0.05, 0) is 38.1 Å². The first-order valence-electron chi connectivity index (χ1n) is 11.9. The van der Waals surface area contributed by atoms with Crippen molar-refractivity contribution >= 4 is 40.5 Å². The minimum absolute atomic E-state index is 0.0755. The number of aryl methyl sites for hydroxylation is 2. The monoisotopic (exact) mass is 519 g/mol. The number of hydrogen-bond donors (Lipinski definition) is 4. The van der Waals surface area contributed by atoms with Gasteiger partial charge in [0, 0.05) is 73.3 Å². The van der Waals surface area contributed by atoms with Crippen molar-refractivity contribution < 1.29 is 4.79 Å². The lowest BCUT2D eigenvalue weighted by molar-refractivity contribution is -0.118. The molecule has 0 bridgehead atoms. The van der Waals surface area contributed by atoms with Gasteiger partial charge < -0.3 is 21.3 Å². The second kappa shape index (κ2) is 11.7. The first-order valence-corrected chi connectivity index (χ1v) is 12.3. The van der Waals surface area contributed by atoms with Crippen molar-refractivity contribution in [1.82, 2.24) is 35.2 Å². The van der Waals surface area contributed by atoms with Crippen molar-refractivity contribution in [1.29, 1.82) is 0 Å². The van der Waals surface area contributed by atoms with Gasteiger partial charge in [-0.1, -0.05) is 18.2 Å². The van der Waals surface area contributed by atoms with Crippen molar-refractivity contribution in [2.75, 3.05) is 36.8 Å². The van der Waals surface area contributed by atoms with Gasteiger partial charge >= 0.3 is 0 Å². The predicted molar refractivity (Wildman–Crippen MR) is 148 cm³/mol. The summed E-state index contributed by atoms with van der Waals surface area (Å²) in [4.78, 5) is 24.9. The van der Waals surface area contributed by atoms with Crippen LogP contribution < -0.4 is 21.3 Å². The fourth-order valence-electron chi connectivity index (χ4n) is 3.74. The SMILES string of the molecule is C=C(NCCNc1cc(NCCNC(C)=O)nc(-c2ccc(Cl)cc2)n1)c1cnc2cc(C)nn2c1C. The van der Waals surface area contributed by atoms with E-state index in [1.807, 2.05) is 48.8 Å². The highest BCUT2D eigenvalue weighted by Crippen LogP contribution is 2.22. The van der Waals surface area contributed by atoms with Crippen molar-refractivity contribution in [3.05, 3.63) is 71.1 Å². The zero-order chi connectivity index (χ0) is 26.4. The van der Waals surface area contributed by atoms with E-state index in [2.05, 4.69) is 47.9 Å². The number of aromatic nitrogens is 5. The van der Waals surface area contributed by atoms with Crippen molar-refractivity contribution in [3.8, 4) is 11.4 Å². The van der Waals surface area contributed by atoms with Crippen LogP contribution in [-0.2, 0) is 4.79 Å². The highest BCUT2D eigenvalue weighted by Gasteiger charge is 2.10. The molecule has 0 radical (unpaired) electrons. The largest absolute Gasteiger partial charge is 0.383 e. The number of hydrogen-bond acceptors (Lipinski definition) is 8. The maximum atomic E-state index is 11.1. The summed E-state index contributed by atoms with van der Waals surface area (Å²) in [5.74, 6) is 1.80. The minimum Gasteiger partial charge on any atom is -0.383 e. The van der Waals surface area contributed by atoms with Gasteiger partial charge in [-0.15, -0.1) is 0 Å². The Kier molecular flexibility index (Phi) is 8.19. The van der Waals surface area contributed by atoms with Crippen LogP contribution >= 0.6 is 11.6 Å². The van der Waals surface area contributed by atoms with Gasteiger partial charge in [-0.2, -0.15) is 5.10 Å². The number of anilines is 2. The van der Waals surface area contributed by atoms with E-state index in [4.69, 9.17) is 11.6 Å². The summed E-state index contributed by atoms with van der Waals surface area (Å²) in [5.41, 5.74) is 5.23. The van der Waals surface area contributed by atoms with Crippen LogP contribution in [0.15, 0.2) is 49.2 Å². The van der Waals surface area contributed by atoms with Gasteiger partial charge in [-0.25, -0.2) is 19.5 Å². The van der Waals surface area contributed by atoms with E-state index in [9.17, 15) is 4.79 Å². The third kappa shape index (κ3) is 6.73. The Morgan fingerprint density at radius 2 is 1.62 bits per heavy atom. The molecule has 0 unspecified atom stereocenters. The molecule has 0 fully saturated rings. The maximum Gasteiger partial charge on any atom is 0.216 e. The van der Waals surface area contributed by atoms with E-state index in [1.54, 1.807) is 12.1 Å². The molecule has 10 nitrogen and oxygen atoms in total. The van der Waals surface area contributed by atoms with Crippen LogP contribution in [0, 0.1) is 13.8 Å². The van der Waals surface area contributed by atoms with Crippen LogP contribution in [0.1, 0.15) is 23.9 Å². The topological polar surface area (TPSA) is 121 Å². The lowest BCUT2D eigenvalue weighted by Crippen LogP contribution is -2.26. The Morgan fingerprint density at radius 1 is 0.973 bits per heavy atom. The number of nitrogens with one attached hydrogen (secondary N) is 4. The third-order valence-corrected chi connectivity index (χ3v) is 5.83. The third-order valence-electron chi connectivity index (χ3n) is 5.57. The molecule has 0 saturated heterocycles. The summed E-state index contributed by atoms with van der Waals surface area (Å²) in [5, 5.41) is 17.8. The van der Waals surface area contributed by atoms with E-state index in [0.717, 1.165) is 33.9 Å². The quantitative estimate of drug-likeness (QED) is 0.221. The van der Waals surface area contributed by atoms with E-state index in [1.165, 1.54) is 6.92 Å². The summed E-state index contributed by atoms with van der Waals surface area (Å²) in [6.07, 6.45) is 1.82. The summed E-state index contributed by atoms with van der Waals surface area (Å²) in [6, 6.07) is 11.1. The summed E-state index contributed by atoms with van der Waals surface area (Å²) in [6.45, 7) is 11.8. The highest BCUT2D eigenvalue weighted by molar-refractivity contribution is 6.30. The fourth-order valence-corrected chi connectivity index (χ4v) is 3.87. The average Bonchev–Trinajstić information content (AvgIpc) is 3.26. The normalized spacial score (nSPS) is 10.8. The second-order valence-corrected chi connectivity index (χ2v) is 8.96. The van der Waals surface area contributed by atoms with E-state index in [0.29, 0.717) is 48.7 Å². The lowest BCUT2D eigenvalue weighted by atomic mass is 10.2. The number of amides is 1. The molecule has 192 valence electrons. The van der Waals surface area contributed by atoms with Crippen LogP contribution in [0.5, 0.6) is 0 Å². The molecule has 0 saturated carbocycles. The molecule has 1 amide bonds. The molecule has 0 spiro atoms. The smallest absolute Gasteiger partial charge is 0.216 e. The molecule has 1 aromatic carbocycles. The Morgan fingerprint density at radius 3 is 2.27 bits per heavy atom. The molecule has 3 heterocycles. The van der Waals surface area contributed by atoms with Crippen molar-refractivity contribution in [3.63, 3.8) is 0 Å². The lowest BCUT2D eigenvalue weighted by Gasteiger charge is -2.14. The Balaban J connectivity index is 1.40. The van der Waals surface area contributed by atoms with Gasteiger partial charge in [0.15, 0.2) is 11.5 Å². The summed E-state index contributed by atoms with van der Waals surface area (Å²) >= 11 is 6.04. The van der Waals surface area contributed by atoms with Crippen LogP contribution in [0.2, 0.25) is 5.02 Å². The van der Waals surface area contributed by atoms with E-state index < -0.39 is 0 Å². The number of fused-ring (bicyclic) bond motifs is 1. The van der Waals surface area contributed by atoms with E-state index in [-0.39, 0.29) is 5.91 Å². The number of benzene rings is 1. The number of carbonyl (C=O) groups is 1. The molecule has 0 aliphatic carbocycles. The van der Waals surface area contributed by atoms with Gasteiger partial charge in [0.05, 0.1) is 11.4 Å². The number of halogens is 1. The van der Waals surface area contributed by atoms with Crippen LogP contribution in [0.4, 0.5) is 11.6 Å². The first kappa shape index (κ1) is 25.9. The molecule has 3 aromatic heterocycles. The van der Waals surface area contributed by atoms with Gasteiger partial charge in [-0.3, -0.25) is 4.79 Å². The molecule has 0 aliphatic rings. The molecule has 4 N–H and O–H groups in total. The predicted octanol–water partition coefficient (Wildman–Crippen LogP) is 3.68. The molecular formula is C26H30ClN9O. The average molecular weight is 520 g/mol. The summed E-state index contributed by atoms with van der Waals surface area (Å²) < 4.78 is 1.83. The van der Waals surface area contributed by atoms with Crippen LogP contribution in [-0.4, -0.2) is 56.7 Å². The Labute approximate surface area is 220 Å². The zero-order valence-corrected chi connectivity index (χ0v) is 21.9. The fraction of sp³-hybridized carbons (Fsp3) is 0.269. The molecule has 37 heavy (non-hydrogen) atoms. The van der Waals surface area contributed by atoms with Gasteiger partial charge in [0.2, 0.25) is 5.91 Å². The molecule has 4 rings (SSSR count). The number of nitrogens with zero attached hydrogens (tertiary/aromatic N) is 5. The molecule has 0 aliphatic heterocycles. The standard InChI is InChI=1S/C26H30ClN9O/c1-16-13-25-32-15-22(18(3)36(25)35-16)17(2)28-9-11-30-23-14-24(31-12-10-29-19(4)37)34-26(33-23)20-5-7-21(27)8-6-20/h5-8,13-15,28H,2,9-12H2,1,3-4H3,(H,29,37)(H2,30,31,33,34). The molecule has 4 aromatic rings. The molecular weight excluding hydrogens is 490 g/mol. The summed E-state index contributed by atoms with van der Waals surface area (Å²) in [7, 11) is 0. The van der Waals surface area contributed by atoms with E-state index >= 15 is 0 Å². The van der Waals surface area contributed by atoms with Crippen molar-refractivity contribution in [2.45, 2.75) is 20.8 Å². The molecule has 0 atom stereocenters. The van der Waals surface area contributed by atoms with Crippen LogP contribution in [0.3, 0.4) is 0 Å².